The highest BCUT2D eigenvalue weighted by atomic mass is 32.2. The van der Waals surface area contributed by atoms with E-state index in [2.05, 4.69) is 4.98 Å². The molecule has 0 radical (unpaired) electrons. The van der Waals surface area contributed by atoms with Crippen molar-refractivity contribution in [3.05, 3.63) is 52.1 Å². The summed E-state index contributed by atoms with van der Waals surface area (Å²) >= 11 is 0. The van der Waals surface area contributed by atoms with Crippen molar-refractivity contribution in [2.45, 2.75) is 52.5 Å². The van der Waals surface area contributed by atoms with Gasteiger partial charge in [-0.3, -0.25) is 13.9 Å². The fourth-order valence-electron chi connectivity index (χ4n) is 4.82. The maximum atomic E-state index is 15.4. The van der Waals surface area contributed by atoms with Gasteiger partial charge in [0.1, 0.15) is 15.7 Å². The molecule has 1 aliphatic heterocycles. The second-order valence-electron chi connectivity index (χ2n) is 9.72. The van der Waals surface area contributed by atoms with Crippen LogP contribution < -0.4 is 10.4 Å². The number of halogens is 4. The highest BCUT2D eigenvalue weighted by molar-refractivity contribution is 7.91. The Bertz CT molecular complexity index is 1550. The number of hydrogen-bond donors (Lipinski definition) is 0. The largest absolute Gasteiger partial charge is 0.478 e. The number of pyridine rings is 1. The van der Waals surface area contributed by atoms with Crippen LogP contribution in [-0.2, 0) is 9.84 Å². The van der Waals surface area contributed by atoms with E-state index in [-0.39, 0.29) is 29.2 Å². The summed E-state index contributed by atoms with van der Waals surface area (Å²) in [5.41, 5.74) is -3.31. The van der Waals surface area contributed by atoms with E-state index < -0.39 is 87.2 Å². The van der Waals surface area contributed by atoms with Crippen LogP contribution in [0.1, 0.15) is 56.4 Å². The third kappa shape index (κ3) is 4.95. The van der Waals surface area contributed by atoms with E-state index >= 15 is 4.39 Å². The molecule has 0 atom stereocenters. The van der Waals surface area contributed by atoms with E-state index in [0.717, 1.165) is 22.9 Å². The molecule has 3 heterocycles. The Morgan fingerprint density at radius 1 is 1.11 bits per heavy atom. The molecule has 1 saturated heterocycles. The molecule has 38 heavy (non-hydrogen) atoms. The van der Waals surface area contributed by atoms with Crippen LogP contribution in [0.5, 0.6) is 5.88 Å². The highest BCUT2D eigenvalue weighted by Crippen LogP contribution is 2.43. The molecule has 206 valence electrons. The summed E-state index contributed by atoms with van der Waals surface area (Å²) in [4.78, 5) is 30.4. The molecular weight excluding hydrogens is 530 g/mol. The van der Waals surface area contributed by atoms with Crippen LogP contribution in [0.25, 0.3) is 16.7 Å². The van der Waals surface area contributed by atoms with E-state index in [1.54, 1.807) is 20.8 Å². The maximum absolute atomic E-state index is 15.4. The third-order valence-electron chi connectivity index (χ3n) is 6.92. The Labute approximate surface area is 216 Å². The summed E-state index contributed by atoms with van der Waals surface area (Å²) in [5, 5.41) is 0. The quantitative estimate of drug-likeness (QED) is 0.299. The molecule has 0 spiro atoms. The van der Waals surface area contributed by atoms with Crippen LogP contribution in [-0.4, -0.2) is 52.9 Å². The molecule has 0 aliphatic carbocycles. The summed E-state index contributed by atoms with van der Waals surface area (Å²) in [6.45, 7) is 5.25. The molecule has 0 N–H and O–H groups in total. The van der Waals surface area contributed by atoms with Crippen molar-refractivity contribution in [3.63, 3.8) is 0 Å². The molecule has 4 rings (SSSR count). The molecular formula is C25H27F4N3O5S. The Morgan fingerprint density at radius 2 is 1.76 bits per heavy atom. The van der Waals surface area contributed by atoms with Gasteiger partial charge in [-0.15, -0.1) is 0 Å². The van der Waals surface area contributed by atoms with Gasteiger partial charge in [-0.2, -0.15) is 0 Å². The van der Waals surface area contributed by atoms with Crippen LogP contribution >= 0.6 is 0 Å². The van der Waals surface area contributed by atoms with Gasteiger partial charge in [-0.05, 0) is 39.7 Å². The normalized spacial score (nSPS) is 16.9. The fourth-order valence-corrected chi connectivity index (χ4v) is 6.46. The number of alkyl halides is 2. The lowest BCUT2D eigenvalue weighted by Crippen LogP contribution is -2.40. The smallest absolute Gasteiger partial charge is 0.334 e. The predicted molar refractivity (Wildman–Crippen MR) is 132 cm³/mol. The van der Waals surface area contributed by atoms with Gasteiger partial charge in [0.15, 0.2) is 11.6 Å². The van der Waals surface area contributed by atoms with E-state index in [4.69, 9.17) is 4.74 Å². The first-order valence-corrected chi connectivity index (χ1v) is 13.9. The zero-order chi connectivity index (χ0) is 28.0. The minimum atomic E-state index is -3.48. The minimum absolute atomic E-state index is 0.0420. The first kappa shape index (κ1) is 27.8. The number of carbonyl (C=O) groups excluding carboxylic acids is 1. The van der Waals surface area contributed by atoms with Crippen molar-refractivity contribution in [3.8, 4) is 11.6 Å². The third-order valence-corrected chi connectivity index (χ3v) is 8.57. The molecule has 1 aliphatic rings. The van der Waals surface area contributed by atoms with Gasteiger partial charge in [-0.1, -0.05) is 0 Å². The first-order valence-electron chi connectivity index (χ1n) is 12.1. The number of imidazole rings is 1. The average Bonchev–Trinajstić information content (AvgIpc) is 3.12. The maximum Gasteiger partial charge on any atom is 0.334 e. The number of rotatable bonds is 8. The van der Waals surface area contributed by atoms with Crippen molar-refractivity contribution in [1.82, 2.24) is 14.1 Å². The van der Waals surface area contributed by atoms with E-state index in [1.165, 1.54) is 10.6 Å². The second kappa shape index (κ2) is 10.2. The van der Waals surface area contributed by atoms with Crippen molar-refractivity contribution in [2.24, 2.45) is 5.41 Å². The standard InChI is InChI=1S/C25H27F4N3O5S/c1-4-37-22-11-18(17(27)13-30-22)32-20-10-16(26)15(9-19(20)31(14(2)3)24(32)34)21(33)12-25(23(28)29)5-7-38(35,36)8-6-25/h9-11,13-14,23H,4-8,12H2,1-3H3. The number of hydrogen-bond acceptors (Lipinski definition) is 6. The van der Waals surface area contributed by atoms with Gasteiger partial charge in [-0.25, -0.2) is 35.8 Å². The van der Waals surface area contributed by atoms with Crippen molar-refractivity contribution in [1.29, 1.82) is 0 Å². The average molecular weight is 558 g/mol. The molecule has 1 fully saturated rings. The molecule has 0 bridgehead atoms. The highest BCUT2D eigenvalue weighted by Gasteiger charge is 2.46. The van der Waals surface area contributed by atoms with Crippen molar-refractivity contribution >= 4 is 26.7 Å². The topological polar surface area (TPSA) is 100 Å². The van der Waals surface area contributed by atoms with Crippen molar-refractivity contribution < 1.29 is 35.5 Å². The lowest BCUT2D eigenvalue weighted by Gasteiger charge is -2.35. The number of ketones is 1. The Kier molecular flexibility index (Phi) is 7.43. The van der Waals surface area contributed by atoms with Crippen LogP contribution in [0.15, 0.2) is 29.2 Å². The number of Topliss-reactive ketones (excluding diaryl/α,β-unsaturated/α-hetero) is 1. The molecule has 8 nitrogen and oxygen atoms in total. The lowest BCUT2D eigenvalue weighted by molar-refractivity contribution is -0.0153. The number of ether oxygens (including phenoxy) is 1. The van der Waals surface area contributed by atoms with Gasteiger partial charge < -0.3 is 4.74 Å². The van der Waals surface area contributed by atoms with E-state index in [1.807, 2.05) is 0 Å². The number of nitrogens with zero attached hydrogens (tertiary/aromatic N) is 3. The Hall–Kier alpha value is -3.22. The van der Waals surface area contributed by atoms with Gasteiger partial charge in [0, 0.05) is 30.0 Å². The van der Waals surface area contributed by atoms with Crippen molar-refractivity contribution in [2.75, 3.05) is 18.1 Å². The molecule has 13 heteroatoms. The van der Waals surface area contributed by atoms with Crippen LogP contribution in [0.4, 0.5) is 17.6 Å². The fraction of sp³-hybridized carbons (Fsp3) is 0.480. The number of sulfone groups is 1. The summed E-state index contributed by atoms with van der Waals surface area (Å²) in [6, 6.07) is 2.70. The zero-order valence-corrected chi connectivity index (χ0v) is 21.8. The number of carbonyl (C=O) groups is 1. The minimum Gasteiger partial charge on any atom is -0.478 e. The number of fused-ring (bicyclic) bond motifs is 1. The molecule has 0 amide bonds. The van der Waals surface area contributed by atoms with Crippen LogP contribution in [0.3, 0.4) is 0 Å². The Balaban J connectivity index is 1.85. The summed E-state index contributed by atoms with van der Waals surface area (Å²) in [6.07, 6.45) is -3.71. The van der Waals surface area contributed by atoms with Gasteiger partial charge in [0.25, 0.3) is 0 Å². The predicted octanol–water partition coefficient (Wildman–Crippen LogP) is 4.48. The van der Waals surface area contributed by atoms with Gasteiger partial charge in [0.05, 0.1) is 46.6 Å². The first-order chi connectivity index (χ1) is 17.8. The second-order valence-corrected chi connectivity index (χ2v) is 12.0. The van der Waals surface area contributed by atoms with Crippen LogP contribution in [0, 0.1) is 17.0 Å². The van der Waals surface area contributed by atoms with E-state index in [0.29, 0.717) is 0 Å². The Morgan fingerprint density at radius 3 is 2.34 bits per heavy atom. The number of aromatic nitrogens is 3. The monoisotopic (exact) mass is 557 g/mol. The van der Waals surface area contributed by atoms with Gasteiger partial charge in [0.2, 0.25) is 12.3 Å². The van der Waals surface area contributed by atoms with E-state index in [9.17, 15) is 31.2 Å². The van der Waals surface area contributed by atoms with Crippen LogP contribution in [0.2, 0.25) is 0 Å². The summed E-state index contributed by atoms with van der Waals surface area (Å²) < 4.78 is 89.3. The molecule has 2 aromatic heterocycles. The molecule has 1 aromatic carbocycles. The summed E-state index contributed by atoms with van der Waals surface area (Å²) in [5.74, 6) is -3.81. The lowest BCUT2D eigenvalue weighted by atomic mass is 9.76. The molecule has 3 aromatic rings. The number of benzene rings is 1. The SMILES string of the molecule is CCOc1cc(-n2c(=O)n(C(C)C)c3cc(C(=O)CC4(C(F)F)CCS(=O)(=O)CC4)c(F)cc32)c(F)cn1. The molecule has 0 unspecified atom stereocenters. The summed E-state index contributed by atoms with van der Waals surface area (Å²) in [7, 11) is -3.48. The van der Waals surface area contributed by atoms with Gasteiger partial charge >= 0.3 is 5.69 Å². The zero-order valence-electron chi connectivity index (χ0n) is 21.0. The molecule has 0 saturated carbocycles.